The zero-order valence-electron chi connectivity index (χ0n) is 7.81. The van der Waals surface area contributed by atoms with Crippen molar-refractivity contribution >= 4 is 28.4 Å². The van der Waals surface area contributed by atoms with Crippen LogP contribution in [0.3, 0.4) is 0 Å². The molecular weight excluding hydrogens is 190 g/mol. The molecule has 0 aliphatic heterocycles. The zero-order valence-corrected chi connectivity index (χ0v) is 7.81. The summed E-state index contributed by atoms with van der Waals surface area (Å²) in [5.41, 5.74) is 2.78. The first-order valence-electron chi connectivity index (χ1n) is 4.61. The largest absolute Gasteiger partial charge is 0.454 e. The molecule has 0 aliphatic carbocycles. The lowest BCUT2D eigenvalue weighted by molar-refractivity contribution is 0.112. The Labute approximate surface area is 85.3 Å². The molecule has 0 unspecified atom stereocenters. The van der Waals surface area contributed by atoms with Gasteiger partial charge in [0.25, 0.3) is 0 Å². The van der Waals surface area contributed by atoms with Crippen LogP contribution >= 0.6 is 0 Å². The minimum Gasteiger partial charge on any atom is -0.454 e. The van der Waals surface area contributed by atoms with Gasteiger partial charge in [0.15, 0.2) is 11.9 Å². The van der Waals surface area contributed by atoms with Gasteiger partial charge in [-0.15, -0.1) is 0 Å². The van der Waals surface area contributed by atoms with Crippen LogP contribution in [0.5, 0.6) is 0 Å². The molecule has 0 atom stereocenters. The number of para-hydroxylation sites is 1. The number of hydrogen-bond donors (Lipinski definition) is 0. The second kappa shape index (κ2) is 2.92. The number of aromatic nitrogens is 1. The summed E-state index contributed by atoms with van der Waals surface area (Å²) in [6.45, 7) is 0. The summed E-state index contributed by atoms with van der Waals surface area (Å²) in [6, 6.07) is 9.39. The second-order valence-electron chi connectivity index (χ2n) is 3.33. The lowest BCUT2D eigenvalue weighted by atomic mass is 10.2. The summed E-state index contributed by atoms with van der Waals surface area (Å²) < 4.78 is 5.57. The Hall–Kier alpha value is -2.16. The van der Waals surface area contributed by atoms with E-state index in [-0.39, 0.29) is 0 Å². The first-order chi connectivity index (χ1) is 7.38. The highest BCUT2D eigenvalue weighted by Gasteiger charge is 2.07. The van der Waals surface area contributed by atoms with Crippen LogP contribution in [0.4, 0.5) is 0 Å². The van der Waals surface area contributed by atoms with Gasteiger partial charge in [-0.2, -0.15) is 0 Å². The van der Waals surface area contributed by atoms with E-state index in [1.807, 2.05) is 24.3 Å². The van der Waals surface area contributed by atoms with E-state index in [4.69, 9.17) is 4.42 Å². The van der Waals surface area contributed by atoms with Crippen molar-refractivity contribution in [2.24, 2.45) is 0 Å². The van der Waals surface area contributed by atoms with Gasteiger partial charge in [0.2, 0.25) is 0 Å². The van der Waals surface area contributed by atoms with E-state index in [1.165, 1.54) is 0 Å². The average molecular weight is 197 g/mol. The van der Waals surface area contributed by atoms with Gasteiger partial charge in [-0.05, 0) is 18.2 Å². The SMILES string of the molecule is O=Cc1cnc2c(c1)oc1ccccc12. The van der Waals surface area contributed by atoms with Gasteiger partial charge >= 0.3 is 0 Å². The molecule has 0 radical (unpaired) electrons. The topological polar surface area (TPSA) is 43.1 Å². The van der Waals surface area contributed by atoms with Gasteiger partial charge in [0, 0.05) is 17.1 Å². The average Bonchev–Trinajstić information content (AvgIpc) is 2.66. The van der Waals surface area contributed by atoms with E-state index in [0.717, 1.165) is 22.8 Å². The quantitative estimate of drug-likeness (QED) is 0.563. The zero-order chi connectivity index (χ0) is 10.3. The lowest BCUT2D eigenvalue weighted by Gasteiger charge is -1.89. The van der Waals surface area contributed by atoms with Crippen LogP contribution in [0.1, 0.15) is 10.4 Å². The molecule has 72 valence electrons. The normalized spacial score (nSPS) is 10.9. The Bertz CT molecular complexity index is 655. The molecule has 1 aromatic carbocycles. The fourth-order valence-electron chi connectivity index (χ4n) is 1.67. The molecule has 0 bridgehead atoms. The molecule has 0 spiro atoms. The Morgan fingerprint density at radius 3 is 2.93 bits per heavy atom. The number of nitrogens with zero attached hydrogens (tertiary/aromatic N) is 1. The number of benzene rings is 1. The molecule has 0 saturated heterocycles. The molecule has 0 amide bonds. The van der Waals surface area contributed by atoms with Crippen molar-refractivity contribution in [1.29, 1.82) is 0 Å². The molecule has 3 nitrogen and oxygen atoms in total. The minimum absolute atomic E-state index is 0.529. The van der Waals surface area contributed by atoms with Crippen molar-refractivity contribution in [2.45, 2.75) is 0 Å². The standard InChI is InChI=1S/C12H7NO2/c14-7-8-5-11-12(13-6-8)9-3-1-2-4-10(9)15-11/h1-7H. The number of carbonyl (C=O) groups excluding carboxylic acids is 1. The molecule has 0 saturated carbocycles. The van der Waals surface area contributed by atoms with E-state index in [9.17, 15) is 4.79 Å². The molecule has 15 heavy (non-hydrogen) atoms. The monoisotopic (exact) mass is 197 g/mol. The maximum atomic E-state index is 10.6. The summed E-state index contributed by atoms with van der Waals surface area (Å²) >= 11 is 0. The number of furan rings is 1. The minimum atomic E-state index is 0.529. The van der Waals surface area contributed by atoms with Gasteiger partial charge in [-0.1, -0.05) is 12.1 Å². The predicted octanol–water partition coefficient (Wildman–Crippen LogP) is 2.79. The van der Waals surface area contributed by atoms with Crippen LogP contribution in [-0.2, 0) is 0 Å². The molecular formula is C12H7NO2. The Balaban J connectivity index is 2.48. The molecule has 3 rings (SSSR count). The van der Waals surface area contributed by atoms with E-state index in [2.05, 4.69) is 4.98 Å². The molecule has 0 N–H and O–H groups in total. The maximum Gasteiger partial charge on any atom is 0.154 e. The first kappa shape index (κ1) is 8.17. The van der Waals surface area contributed by atoms with Gasteiger partial charge in [-0.25, -0.2) is 0 Å². The van der Waals surface area contributed by atoms with E-state index < -0.39 is 0 Å². The Morgan fingerprint density at radius 2 is 2.07 bits per heavy atom. The number of hydrogen-bond acceptors (Lipinski definition) is 3. The Morgan fingerprint density at radius 1 is 1.20 bits per heavy atom. The van der Waals surface area contributed by atoms with Crippen molar-refractivity contribution in [1.82, 2.24) is 4.98 Å². The molecule has 0 aliphatic rings. The van der Waals surface area contributed by atoms with E-state index in [0.29, 0.717) is 11.1 Å². The van der Waals surface area contributed by atoms with Crippen LogP contribution in [0, 0.1) is 0 Å². The lowest BCUT2D eigenvalue weighted by Crippen LogP contribution is -1.81. The predicted molar refractivity (Wildman–Crippen MR) is 56.9 cm³/mol. The fourth-order valence-corrected chi connectivity index (χ4v) is 1.67. The number of pyridine rings is 1. The number of carbonyl (C=O) groups is 1. The van der Waals surface area contributed by atoms with Crippen LogP contribution in [-0.4, -0.2) is 11.3 Å². The highest BCUT2D eigenvalue weighted by molar-refractivity contribution is 6.03. The van der Waals surface area contributed by atoms with Gasteiger partial charge in [0.05, 0.1) is 0 Å². The molecule has 0 fully saturated rings. The summed E-state index contributed by atoms with van der Waals surface area (Å²) in [5, 5.41) is 0.977. The van der Waals surface area contributed by atoms with Crippen LogP contribution in [0.25, 0.3) is 22.1 Å². The van der Waals surface area contributed by atoms with Crippen molar-refractivity contribution < 1.29 is 9.21 Å². The van der Waals surface area contributed by atoms with Gasteiger partial charge < -0.3 is 4.42 Å². The van der Waals surface area contributed by atoms with E-state index >= 15 is 0 Å². The van der Waals surface area contributed by atoms with E-state index in [1.54, 1.807) is 12.3 Å². The first-order valence-corrected chi connectivity index (χ1v) is 4.61. The third-order valence-electron chi connectivity index (χ3n) is 2.37. The van der Waals surface area contributed by atoms with Gasteiger partial charge in [0.1, 0.15) is 11.1 Å². The van der Waals surface area contributed by atoms with Gasteiger partial charge in [-0.3, -0.25) is 9.78 Å². The summed E-state index contributed by atoms with van der Waals surface area (Å²) in [5.74, 6) is 0. The van der Waals surface area contributed by atoms with Crippen molar-refractivity contribution in [2.75, 3.05) is 0 Å². The third-order valence-corrected chi connectivity index (χ3v) is 2.37. The smallest absolute Gasteiger partial charge is 0.154 e. The highest BCUT2D eigenvalue weighted by atomic mass is 16.3. The molecule has 3 heteroatoms. The van der Waals surface area contributed by atoms with Crippen LogP contribution in [0.15, 0.2) is 40.9 Å². The number of fused-ring (bicyclic) bond motifs is 3. The maximum absolute atomic E-state index is 10.6. The fraction of sp³-hybridized carbons (Fsp3) is 0. The highest BCUT2D eigenvalue weighted by Crippen LogP contribution is 2.26. The number of rotatable bonds is 1. The summed E-state index contributed by atoms with van der Waals surface area (Å²) in [6.07, 6.45) is 2.32. The Kier molecular flexibility index (Phi) is 1.59. The molecule has 3 aromatic rings. The van der Waals surface area contributed by atoms with Crippen molar-refractivity contribution in [3.8, 4) is 0 Å². The number of aldehydes is 1. The van der Waals surface area contributed by atoms with Crippen LogP contribution < -0.4 is 0 Å². The van der Waals surface area contributed by atoms with Crippen LogP contribution in [0.2, 0.25) is 0 Å². The molecule has 2 aromatic heterocycles. The molecule has 2 heterocycles. The van der Waals surface area contributed by atoms with Crippen molar-refractivity contribution in [3.05, 3.63) is 42.1 Å². The second-order valence-corrected chi connectivity index (χ2v) is 3.33. The summed E-state index contributed by atoms with van der Waals surface area (Å²) in [4.78, 5) is 14.8. The van der Waals surface area contributed by atoms with Crippen molar-refractivity contribution in [3.63, 3.8) is 0 Å². The summed E-state index contributed by atoms with van der Waals surface area (Å²) in [7, 11) is 0. The third kappa shape index (κ3) is 1.13.